The zero-order valence-electron chi connectivity index (χ0n) is 16.9. The van der Waals surface area contributed by atoms with Gasteiger partial charge in [0.05, 0.1) is 25.9 Å². The van der Waals surface area contributed by atoms with E-state index in [1.807, 2.05) is 0 Å². The predicted octanol–water partition coefficient (Wildman–Crippen LogP) is -0.971. The number of ether oxygens (including phenoxy) is 1. The number of aliphatic imine (C=N–C) groups is 1. The Hall–Kier alpha value is -2.17. The van der Waals surface area contributed by atoms with E-state index in [9.17, 15) is 14.7 Å². The lowest BCUT2D eigenvalue weighted by Crippen LogP contribution is -2.65. The van der Waals surface area contributed by atoms with Crippen LogP contribution in [0.1, 0.15) is 13.8 Å². The molecule has 0 aromatic rings. The van der Waals surface area contributed by atoms with Gasteiger partial charge < -0.3 is 29.9 Å². The summed E-state index contributed by atoms with van der Waals surface area (Å²) >= 11 is 0. The summed E-state index contributed by atoms with van der Waals surface area (Å²) in [5, 5.41) is 15.8. The molecule has 28 heavy (non-hydrogen) atoms. The van der Waals surface area contributed by atoms with Gasteiger partial charge in [-0.25, -0.2) is 4.79 Å². The summed E-state index contributed by atoms with van der Waals surface area (Å²) < 4.78 is 5.31. The van der Waals surface area contributed by atoms with Crippen molar-refractivity contribution in [2.75, 3.05) is 53.0 Å². The maximum Gasteiger partial charge on any atom is 0.325 e. The Morgan fingerprint density at radius 2 is 2.11 bits per heavy atom. The number of carbonyl (C=O) groups is 2. The summed E-state index contributed by atoms with van der Waals surface area (Å²) in [6.07, 6.45) is 0.258. The molecule has 0 bridgehead atoms. The lowest BCUT2D eigenvalue weighted by Gasteiger charge is -2.35. The topological polar surface area (TPSA) is 110 Å². The molecule has 0 aromatic carbocycles. The first-order chi connectivity index (χ1) is 13.4. The fourth-order valence-electron chi connectivity index (χ4n) is 3.32. The van der Waals surface area contributed by atoms with Crippen LogP contribution in [0.25, 0.3) is 0 Å². The van der Waals surface area contributed by atoms with Crippen LogP contribution in [0.4, 0.5) is 4.79 Å². The number of β-amino-alcohol motifs (C(OH)–C–C–N with tert-alkyl or cyclic N) is 1. The highest BCUT2D eigenvalue weighted by Crippen LogP contribution is 2.21. The Bertz CT molecular complexity index is 595. The number of hydrogen-bond donors (Lipinski definition) is 3. The highest BCUT2D eigenvalue weighted by molar-refractivity contribution is 6.04. The Labute approximate surface area is 166 Å². The summed E-state index contributed by atoms with van der Waals surface area (Å²) in [6, 6.07) is -1.12. The maximum atomic E-state index is 12.5. The predicted molar refractivity (Wildman–Crippen MR) is 106 cm³/mol. The van der Waals surface area contributed by atoms with Gasteiger partial charge in [-0.05, 0) is 13.1 Å². The number of guanidine groups is 1. The van der Waals surface area contributed by atoms with Crippen LogP contribution in [-0.2, 0) is 9.53 Å². The number of amides is 3. The number of imide groups is 1. The summed E-state index contributed by atoms with van der Waals surface area (Å²) in [5.41, 5.74) is 0. The molecule has 3 N–H and O–H groups in total. The second-order valence-electron chi connectivity index (χ2n) is 6.80. The van der Waals surface area contributed by atoms with E-state index >= 15 is 0 Å². The van der Waals surface area contributed by atoms with Gasteiger partial charge in [0.2, 0.25) is 0 Å². The molecule has 0 radical (unpaired) electrons. The summed E-state index contributed by atoms with van der Waals surface area (Å²) in [4.78, 5) is 34.4. The van der Waals surface area contributed by atoms with Crippen molar-refractivity contribution in [3.05, 3.63) is 12.7 Å². The number of rotatable bonds is 11. The van der Waals surface area contributed by atoms with Gasteiger partial charge in [-0.3, -0.25) is 15.1 Å². The van der Waals surface area contributed by atoms with Crippen LogP contribution in [0.5, 0.6) is 0 Å². The minimum atomic E-state index is -0.816. The van der Waals surface area contributed by atoms with Gasteiger partial charge in [-0.15, -0.1) is 6.58 Å². The van der Waals surface area contributed by atoms with Crippen molar-refractivity contribution < 1.29 is 19.4 Å². The van der Waals surface area contributed by atoms with E-state index in [-0.39, 0.29) is 13.2 Å². The molecule has 10 heteroatoms. The van der Waals surface area contributed by atoms with Crippen molar-refractivity contribution in [1.29, 1.82) is 0 Å². The molecule has 158 valence electrons. The number of hydrogen-bond acceptors (Lipinski definition) is 6. The normalized spacial score (nSPS) is 24.4. The number of aliphatic hydroxyl groups excluding tert-OH is 1. The van der Waals surface area contributed by atoms with Crippen LogP contribution < -0.4 is 10.6 Å². The molecule has 0 spiro atoms. The number of nitrogens with one attached hydrogen (secondary N) is 2. The number of fused-ring (bicyclic) bond motifs is 1. The quantitative estimate of drug-likeness (QED) is 0.304. The average Bonchev–Trinajstić information content (AvgIpc) is 3.02. The first-order valence-corrected chi connectivity index (χ1v) is 9.67. The van der Waals surface area contributed by atoms with Crippen LogP contribution in [0, 0.1) is 0 Å². The van der Waals surface area contributed by atoms with Gasteiger partial charge in [0, 0.05) is 20.1 Å². The van der Waals surface area contributed by atoms with Crippen LogP contribution in [-0.4, -0.2) is 109 Å². The summed E-state index contributed by atoms with van der Waals surface area (Å²) in [6.45, 7) is 11.6. The molecule has 3 amide bonds. The molecular formula is C18H32N6O4. The third-order valence-electron chi connectivity index (χ3n) is 4.95. The molecular weight excluding hydrogens is 364 g/mol. The van der Waals surface area contributed by atoms with Crippen LogP contribution in [0.3, 0.4) is 0 Å². The Morgan fingerprint density at radius 1 is 1.39 bits per heavy atom. The van der Waals surface area contributed by atoms with Crippen LogP contribution in [0.15, 0.2) is 17.6 Å². The van der Waals surface area contributed by atoms with Crippen LogP contribution in [0.2, 0.25) is 0 Å². The molecule has 10 nitrogen and oxygen atoms in total. The number of likely N-dealkylation sites (N-methyl/N-ethyl adjacent to an activating group) is 2. The second kappa shape index (κ2) is 10.4. The lowest BCUT2D eigenvalue weighted by molar-refractivity contribution is -0.127. The fraction of sp³-hybridized carbons (Fsp3) is 0.722. The minimum Gasteiger partial charge on any atom is -0.389 e. The van der Waals surface area contributed by atoms with E-state index in [0.717, 1.165) is 19.6 Å². The van der Waals surface area contributed by atoms with E-state index < -0.39 is 30.2 Å². The first kappa shape index (κ1) is 22.1. The van der Waals surface area contributed by atoms with E-state index in [4.69, 9.17) is 4.74 Å². The molecule has 2 saturated heterocycles. The monoisotopic (exact) mass is 396 g/mol. The Kier molecular flexibility index (Phi) is 8.21. The standard InChI is InChI=1S/C18H32N6O4/c1-5-10-28-12-13(25)11-24-14-15(22(4)18(27)21-16(14)26)20-17(24)19-8-9-23(6-2)7-3/h5,13-15,25H,1,6-12H2,2-4H3,(H,19,20)(H,21,26,27). The molecule has 3 atom stereocenters. The van der Waals surface area contributed by atoms with Crippen LogP contribution >= 0.6 is 0 Å². The zero-order chi connectivity index (χ0) is 20.7. The van der Waals surface area contributed by atoms with Gasteiger partial charge in [0.1, 0.15) is 6.17 Å². The van der Waals surface area contributed by atoms with Gasteiger partial charge in [0.15, 0.2) is 12.0 Å². The Balaban J connectivity index is 2.14. The summed E-state index contributed by atoms with van der Waals surface area (Å²) in [7, 11) is 1.62. The molecule has 2 aliphatic rings. The molecule has 3 unspecified atom stereocenters. The van der Waals surface area contributed by atoms with Crippen molar-refractivity contribution in [1.82, 2.24) is 25.3 Å². The highest BCUT2D eigenvalue weighted by atomic mass is 16.5. The number of urea groups is 1. The molecule has 0 saturated carbocycles. The van der Waals surface area contributed by atoms with E-state index in [2.05, 4.69) is 41.0 Å². The molecule has 2 heterocycles. The molecule has 2 fully saturated rings. The number of carbonyl (C=O) groups excluding carboxylic acids is 2. The average molecular weight is 396 g/mol. The van der Waals surface area contributed by atoms with Crippen molar-refractivity contribution in [2.45, 2.75) is 32.2 Å². The van der Waals surface area contributed by atoms with Crippen molar-refractivity contribution in [3.63, 3.8) is 0 Å². The number of nitrogens with zero attached hydrogens (tertiary/aromatic N) is 4. The highest BCUT2D eigenvalue weighted by Gasteiger charge is 2.50. The third-order valence-corrected chi connectivity index (χ3v) is 4.95. The molecule has 2 rings (SSSR count). The fourth-order valence-corrected chi connectivity index (χ4v) is 3.32. The van der Waals surface area contributed by atoms with Crippen molar-refractivity contribution in [2.24, 2.45) is 4.99 Å². The van der Waals surface area contributed by atoms with Gasteiger partial charge in [-0.1, -0.05) is 19.9 Å². The lowest BCUT2D eigenvalue weighted by atomic mass is 10.1. The van der Waals surface area contributed by atoms with Gasteiger partial charge in [0.25, 0.3) is 5.91 Å². The third kappa shape index (κ3) is 5.21. The van der Waals surface area contributed by atoms with Gasteiger partial charge in [-0.2, -0.15) is 0 Å². The Morgan fingerprint density at radius 3 is 2.75 bits per heavy atom. The molecule has 2 aliphatic heterocycles. The SMILES string of the molecule is C=CCOCC(O)CN1C(=NCCN(CC)CC)NC2C1C(=O)NC(=O)N2C. The largest absolute Gasteiger partial charge is 0.389 e. The molecule has 0 aliphatic carbocycles. The minimum absolute atomic E-state index is 0.114. The smallest absolute Gasteiger partial charge is 0.325 e. The second-order valence-corrected chi connectivity index (χ2v) is 6.80. The summed E-state index contributed by atoms with van der Waals surface area (Å²) in [5.74, 6) is 0.0929. The first-order valence-electron chi connectivity index (χ1n) is 9.67. The zero-order valence-corrected chi connectivity index (χ0v) is 16.9. The molecule has 0 aromatic heterocycles. The maximum absolute atomic E-state index is 12.5. The van der Waals surface area contributed by atoms with E-state index in [0.29, 0.717) is 19.1 Å². The van der Waals surface area contributed by atoms with E-state index in [1.165, 1.54) is 4.90 Å². The van der Waals surface area contributed by atoms with Gasteiger partial charge >= 0.3 is 6.03 Å². The number of aliphatic hydroxyl groups is 1. The van der Waals surface area contributed by atoms with E-state index in [1.54, 1.807) is 18.0 Å². The van der Waals surface area contributed by atoms with Crippen molar-refractivity contribution >= 4 is 17.9 Å². The van der Waals surface area contributed by atoms with Crippen molar-refractivity contribution in [3.8, 4) is 0 Å².